The van der Waals surface area contributed by atoms with E-state index in [0.717, 1.165) is 0 Å². The van der Waals surface area contributed by atoms with Crippen LogP contribution in [-0.4, -0.2) is 52.4 Å². The SMILES string of the molecule is O=C(CCn1c(=O)oc2ccccc21)N1CCN(C(=O)c2ccco2)CC1. The Morgan fingerprint density at radius 2 is 1.70 bits per heavy atom. The van der Waals surface area contributed by atoms with Gasteiger partial charge in [-0.3, -0.25) is 14.2 Å². The van der Waals surface area contributed by atoms with Crippen LogP contribution in [0.5, 0.6) is 0 Å². The molecule has 1 aromatic carbocycles. The zero-order chi connectivity index (χ0) is 18.8. The number of nitrogens with zero attached hydrogens (tertiary/aromatic N) is 3. The van der Waals surface area contributed by atoms with Gasteiger partial charge in [0.05, 0.1) is 11.8 Å². The molecule has 8 nitrogen and oxygen atoms in total. The zero-order valence-corrected chi connectivity index (χ0v) is 14.7. The van der Waals surface area contributed by atoms with Crippen LogP contribution in [0, 0.1) is 0 Å². The van der Waals surface area contributed by atoms with Gasteiger partial charge >= 0.3 is 5.76 Å². The summed E-state index contributed by atoms with van der Waals surface area (Å²) in [6.07, 6.45) is 1.67. The smallest absolute Gasteiger partial charge is 0.419 e. The summed E-state index contributed by atoms with van der Waals surface area (Å²) in [5, 5.41) is 0. The van der Waals surface area contributed by atoms with E-state index in [-0.39, 0.29) is 24.8 Å². The van der Waals surface area contributed by atoms with Gasteiger partial charge in [0, 0.05) is 39.1 Å². The largest absolute Gasteiger partial charge is 0.459 e. The normalized spacial score (nSPS) is 14.7. The molecule has 0 bridgehead atoms. The molecule has 0 atom stereocenters. The minimum Gasteiger partial charge on any atom is -0.459 e. The highest BCUT2D eigenvalue weighted by atomic mass is 16.4. The Hall–Kier alpha value is -3.29. The summed E-state index contributed by atoms with van der Waals surface area (Å²) in [5.41, 5.74) is 1.20. The molecule has 140 valence electrons. The maximum absolute atomic E-state index is 12.5. The lowest BCUT2D eigenvalue weighted by atomic mass is 10.2. The van der Waals surface area contributed by atoms with Crippen molar-refractivity contribution in [2.75, 3.05) is 26.2 Å². The topological polar surface area (TPSA) is 88.9 Å². The van der Waals surface area contributed by atoms with Crippen LogP contribution < -0.4 is 5.76 Å². The van der Waals surface area contributed by atoms with Crippen molar-refractivity contribution < 1.29 is 18.4 Å². The Kier molecular flexibility index (Phi) is 4.53. The number of hydrogen-bond donors (Lipinski definition) is 0. The van der Waals surface area contributed by atoms with Crippen LogP contribution in [0.25, 0.3) is 11.1 Å². The number of aromatic nitrogens is 1. The molecule has 0 spiro atoms. The molecule has 0 saturated carbocycles. The quantitative estimate of drug-likeness (QED) is 0.696. The Balaban J connectivity index is 1.34. The van der Waals surface area contributed by atoms with Gasteiger partial charge in [-0.25, -0.2) is 4.79 Å². The van der Waals surface area contributed by atoms with Crippen molar-refractivity contribution in [3.8, 4) is 0 Å². The van der Waals surface area contributed by atoms with E-state index in [1.165, 1.54) is 10.8 Å². The molecular formula is C19H19N3O5. The first-order valence-electron chi connectivity index (χ1n) is 8.82. The van der Waals surface area contributed by atoms with Crippen LogP contribution in [0.2, 0.25) is 0 Å². The van der Waals surface area contributed by atoms with Crippen molar-refractivity contribution in [1.82, 2.24) is 14.4 Å². The van der Waals surface area contributed by atoms with Gasteiger partial charge in [-0.2, -0.15) is 0 Å². The predicted molar refractivity (Wildman–Crippen MR) is 96.3 cm³/mol. The Bertz CT molecular complexity index is 1010. The lowest BCUT2D eigenvalue weighted by Gasteiger charge is -2.34. The first-order chi connectivity index (χ1) is 13.1. The molecule has 8 heteroatoms. The van der Waals surface area contributed by atoms with Crippen molar-refractivity contribution in [2.24, 2.45) is 0 Å². The van der Waals surface area contributed by atoms with E-state index < -0.39 is 5.76 Å². The standard InChI is InChI=1S/C19H19N3O5/c23-17(7-8-22-14-4-1-2-5-15(14)27-19(22)25)20-9-11-21(12-10-20)18(24)16-6-3-13-26-16/h1-6,13H,7-12H2. The van der Waals surface area contributed by atoms with Gasteiger partial charge in [-0.15, -0.1) is 0 Å². The van der Waals surface area contributed by atoms with Crippen molar-refractivity contribution in [1.29, 1.82) is 0 Å². The van der Waals surface area contributed by atoms with E-state index in [2.05, 4.69) is 0 Å². The maximum atomic E-state index is 12.5. The number of para-hydroxylation sites is 2. The summed E-state index contributed by atoms with van der Waals surface area (Å²) < 4.78 is 11.8. The molecule has 0 N–H and O–H groups in total. The highest BCUT2D eigenvalue weighted by Gasteiger charge is 2.26. The number of carbonyl (C=O) groups excluding carboxylic acids is 2. The third-order valence-electron chi connectivity index (χ3n) is 4.77. The van der Waals surface area contributed by atoms with Gasteiger partial charge < -0.3 is 18.6 Å². The second-order valence-corrected chi connectivity index (χ2v) is 6.39. The number of furan rings is 1. The average molecular weight is 369 g/mol. The summed E-state index contributed by atoms with van der Waals surface area (Å²) in [6, 6.07) is 10.4. The van der Waals surface area contributed by atoms with Gasteiger partial charge in [0.15, 0.2) is 11.3 Å². The molecule has 0 radical (unpaired) electrons. The van der Waals surface area contributed by atoms with Gasteiger partial charge in [0.1, 0.15) is 0 Å². The van der Waals surface area contributed by atoms with Crippen LogP contribution in [0.3, 0.4) is 0 Å². The lowest BCUT2D eigenvalue weighted by Crippen LogP contribution is -2.50. The summed E-state index contributed by atoms with van der Waals surface area (Å²) in [7, 11) is 0. The fraction of sp³-hybridized carbons (Fsp3) is 0.316. The molecule has 27 heavy (non-hydrogen) atoms. The number of benzene rings is 1. The minimum atomic E-state index is -0.460. The molecule has 1 saturated heterocycles. The highest BCUT2D eigenvalue weighted by molar-refractivity contribution is 5.91. The predicted octanol–water partition coefficient (Wildman–Crippen LogP) is 1.56. The minimum absolute atomic E-state index is 0.0442. The van der Waals surface area contributed by atoms with E-state index in [1.807, 2.05) is 6.07 Å². The fourth-order valence-electron chi connectivity index (χ4n) is 3.31. The lowest BCUT2D eigenvalue weighted by molar-refractivity contribution is -0.132. The molecule has 1 aliphatic heterocycles. The van der Waals surface area contributed by atoms with Crippen LogP contribution in [-0.2, 0) is 11.3 Å². The highest BCUT2D eigenvalue weighted by Crippen LogP contribution is 2.13. The Morgan fingerprint density at radius 3 is 2.44 bits per heavy atom. The van der Waals surface area contributed by atoms with Crippen molar-refractivity contribution in [3.05, 3.63) is 59.0 Å². The summed E-state index contributed by atoms with van der Waals surface area (Å²) in [4.78, 5) is 40.1. The molecule has 4 rings (SSSR count). The first-order valence-corrected chi connectivity index (χ1v) is 8.82. The first kappa shape index (κ1) is 17.1. The molecule has 0 aliphatic carbocycles. The van der Waals surface area contributed by atoms with Crippen molar-refractivity contribution in [3.63, 3.8) is 0 Å². The Labute approximate surface area is 154 Å². The van der Waals surface area contributed by atoms with Crippen LogP contribution in [0.4, 0.5) is 0 Å². The molecule has 2 aromatic heterocycles. The van der Waals surface area contributed by atoms with Crippen LogP contribution in [0.15, 0.2) is 56.3 Å². The number of amides is 2. The van der Waals surface area contributed by atoms with Gasteiger partial charge in [0.25, 0.3) is 5.91 Å². The van der Waals surface area contributed by atoms with E-state index in [4.69, 9.17) is 8.83 Å². The maximum Gasteiger partial charge on any atom is 0.419 e. The van der Waals surface area contributed by atoms with Gasteiger partial charge in [-0.05, 0) is 24.3 Å². The molecule has 1 fully saturated rings. The van der Waals surface area contributed by atoms with Crippen LogP contribution >= 0.6 is 0 Å². The van der Waals surface area contributed by atoms with E-state index in [9.17, 15) is 14.4 Å². The molecular weight excluding hydrogens is 350 g/mol. The summed E-state index contributed by atoms with van der Waals surface area (Å²) in [5.74, 6) is -0.361. The second-order valence-electron chi connectivity index (χ2n) is 6.39. The third kappa shape index (κ3) is 3.38. The number of piperazine rings is 1. The van der Waals surface area contributed by atoms with Gasteiger partial charge in [-0.1, -0.05) is 12.1 Å². The fourth-order valence-corrected chi connectivity index (χ4v) is 3.31. The molecule has 3 aromatic rings. The average Bonchev–Trinajstić information content (AvgIpc) is 3.33. The summed E-state index contributed by atoms with van der Waals surface area (Å²) >= 11 is 0. The monoisotopic (exact) mass is 369 g/mol. The third-order valence-corrected chi connectivity index (χ3v) is 4.77. The van der Waals surface area contributed by atoms with Crippen molar-refractivity contribution >= 4 is 22.9 Å². The van der Waals surface area contributed by atoms with E-state index >= 15 is 0 Å². The molecule has 0 unspecified atom stereocenters. The number of hydrogen-bond acceptors (Lipinski definition) is 5. The number of rotatable bonds is 4. The number of oxazole rings is 1. The second kappa shape index (κ2) is 7.14. The number of carbonyl (C=O) groups is 2. The molecule has 1 aliphatic rings. The summed E-state index contributed by atoms with van der Waals surface area (Å²) in [6.45, 7) is 2.11. The van der Waals surface area contributed by atoms with E-state index in [1.54, 1.807) is 40.1 Å². The van der Waals surface area contributed by atoms with Gasteiger partial charge in [0.2, 0.25) is 5.91 Å². The molecule has 2 amide bonds. The van der Waals surface area contributed by atoms with Crippen LogP contribution in [0.1, 0.15) is 17.0 Å². The zero-order valence-electron chi connectivity index (χ0n) is 14.7. The number of aryl methyl sites for hydroxylation is 1. The van der Waals surface area contributed by atoms with Crippen molar-refractivity contribution in [2.45, 2.75) is 13.0 Å². The number of fused-ring (bicyclic) bond motifs is 1. The molecule has 3 heterocycles. The Morgan fingerprint density at radius 1 is 0.963 bits per heavy atom. The van der Waals surface area contributed by atoms with E-state index in [0.29, 0.717) is 43.0 Å².